The number of hydrogen-bond donors (Lipinski definition) is 3. The molecule has 150 valence electrons. The predicted molar refractivity (Wildman–Crippen MR) is 72.5 cm³/mol. The van der Waals surface area contributed by atoms with Crippen molar-refractivity contribution in [1.82, 2.24) is 0 Å². The van der Waals surface area contributed by atoms with Crippen molar-refractivity contribution in [1.29, 1.82) is 0 Å². The van der Waals surface area contributed by atoms with E-state index in [9.17, 15) is 41.0 Å². The van der Waals surface area contributed by atoms with Crippen LogP contribution in [0.25, 0.3) is 0 Å². The van der Waals surface area contributed by atoms with Crippen molar-refractivity contribution in [2.75, 3.05) is 6.61 Å². The molecule has 3 aliphatic rings. The summed E-state index contributed by atoms with van der Waals surface area (Å²) in [6.45, 7) is -1.24. The first kappa shape index (κ1) is 19.7. The molecule has 2 bridgehead atoms. The van der Waals surface area contributed by atoms with Crippen molar-refractivity contribution >= 4 is 16.1 Å². The molecule has 0 aromatic carbocycles. The fourth-order valence-electron chi connectivity index (χ4n) is 4.24. The molecular weight excluding hydrogens is 392 g/mol. The fourth-order valence-corrected chi connectivity index (χ4v) is 4.72. The number of rotatable bonds is 6. The maximum absolute atomic E-state index is 13.4. The predicted octanol–water partition coefficient (Wildman–Crippen LogP) is -0.00420. The quantitative estimate of drug-likeness (QED) is 0.318. The average Bonchev–Trinajstić information content (AvgIpc) is 3.09. The topological polar surface area (TPSA) is 130 Å². The van der Waals surface area contributed by atoms with Gasteiger partial charge in [-0.05, 0) is 12.3 Å². The molecule has 0 aromatic heterocycles. The lowest BCUT2D eigenvalue weighted by atomic mass is 9.78. The molecule has 3 rings (SSSR count). The van der Waals surface area contributed by atoms with Gasteiger partial charge in [-0.15, -0.1) is 0 Å². The van der Waals surface area contributed by atoms with E-state index in [4.69, 9.17) is 9.29 Å². The maximum atomic E-state index is 13.4. The van der Waals surface area contributed by atoms with E-state index >= 15 is 0 Å². The third-order valence-electron chi connectivity index (χ3n) is 5.42. The molecule has 2 aliphatic carbocycles. The lowest BCUT2D eigenvalue weighted by molar-refractivity contribution is -0.178. The molecule has 7 atom stereocenters. The zero-order valence-electron chi connectivity index (χ0n) is 13.0. The zero-order valence-corrected chi connectivity index (χ0v) is 13.8. The first-order chi connectivity index (χ1) is 11.8. The molecule has 1 saturated heterocycles. The summed E-state index contributed by atoms with van der Waals surface area (Å²) in [7, 11) is -6.36. The van der Waals surface area contributed by atoms with E-state index in [1.165, 1.54) is 0 Å². The van der Waals surface area contributed by atoms with Crippen LogP contribution in [0.3, 0.4) is 0 Å². The number of aliphatic hydroxyl groups is 2. The molecule has 1 aliphatic heterocycles. The normalized spacial score (nSPS) is 39.4. The molecule has 8 nitrogen and oxygen atoms in total. The Morgan fingerprint density at radius 1 is 1.19 bits per heavy atom. The summed E-state index contributed by atoms with van der Waals surface area (Å²) in [6, 6.07) is 0. The maximum Gasteiger partial charge on any atom is 0.431 e. The van der Waals surface area contributed by atoms with Gasteiger partial charge in [-0.1, -0.05) is 0 Å². The smallest absolute Gasteiger partial charge is 0.431 e. The summed E-state index contributed by atoms with van der Waals surface area (Å²) >= 11 is 0. The van der Waals surface area contributed by atoms with Gasteiger partial charge in [-0.2, -0.15) is 26.0 Å². The third-order valence-corrected chi connectivity index (χ3v) is 6.37. The van der Waals surface area contributed by atoms with Gasteiger partial charge in [0.05, 0.1) is 31.2 Å². The highest BCUT2D eigenvalue weighted by molar-refractivity contribution is 7.87. The third kappa shape index (κ3) is 2.71. The van der Waals surface area contributed by atoms with Crippen LogP contribution in [0.1, 0.15) is 12.8 Å². The minimum absolute atomic E-state index is 0.298. The molecule has 3 fully saturated rings. The summed E-state index contributed by atoms with van der Waals surface area (Å²) in [6.07, 6.45) is -4.49. The van der Waals surface area contributed by atoms with Gasteiger partial charge in [0.15, 0.2) is 6.29 Å². The van der Waals surface area contributed by atoms with E-state index in [0.29, 0.717) is 6.42 Å². The molecule has 0 spiro atoms. The van der Waals surface area contributed by atoms with Crippen LogP contribution in [0.15, 0.2) is 0 Å². The number of halogens is 4. The van der Waals surface area contributed by atoms with Gasteiger partial charge >= 0.3 is 27.3 Å². The lowest BCUT2D eigenvalue weighted by Gasteiger charge is -2.29. The Hall–Kier alpha value is -1.02. The highest BCUT2D eigenvalue weighted by Crippen LogP contribution is 2.59. The molecule has 13 heteroatoms. The standard InChI is InChI=1S/C13H16F4O8S/c14-12(15,13(16,17)26(21,22)23)1-2-24-10(19)6-4-3-5-7(6)11(20)25-9(5)8(4)18/h4-9,11,18,20H,1-3H2,(H,21,22,23). The van der Waals surface area contributed by atoms with Gasteiger partial charge in [0.2, 0.25) is 0 Å². The minimum Gasteiger partial charge on any atom is -0.465 e. The summed E-state index contributed by atoms with van der Waals surface area (Å²) in [5.74, 6) is -8.89. The number of carbonyl (C=O) groups is 1. The molecule has 0 amide bonds. The SMILES string of the molecule is O=C(OCCC(F)(F)C(F)(F)S(=O)(=O)O)C1C2CC3C(OC(O)C31)C2O. The highest BCUT2D eigenvalue weighted by atomic mass is 32.2. The largest absolute Gasteiger partial charge is 0.465 e. The van der Waals surface area contributed by atoms with E-state index in [-0.39, 0.29) is 5.92 Å². The van der Waals surface area contributed by atoms with Crippen molar-refractivity contribution in [2.45, 2.75) is 42.5 Å². The van der Waals surface area contributed by atoms with Crippen molar-refractivity contribution in [3.63, 3.8) is 0 Å². The monoisotopic (exact) mass is 408 g/mol. The van der Waals surface area contributed by atoms with Crippen LogP contribution in [0.4, 0.5) is 17.6 Å². The first-order valence-corrected chi connectivity index (χ1v) is 9.14. The number of ether oxygens (including phenoxy) is 2. The van der Waals surface area contributed by atoms with Gasteiger partial charge in [0, 0.05) is 11.8 Å². The molecule has 7 unspecified atom stereocenters. The van der Waals surface area contributed by atoms with Crippen molar-refractivity contribution in [2.24, 2.45) is 23.7 Å². The summed E-state index contributed by atoms with van der Waals surface area (Å²) in [5, 5.41) is 14.1. The Morgan fingerprint density at radius 2 is 1.81 bits per heavy atom. The van der Waals surface area contributed by atoms with E-state index in [1.54, 1.807) is 0 Å². The summed E-state index contributed by atoms with van der Waals surface area (Å²) < 4.78 is 91.6. The first-order valence-electron chi connectivity index (χ1n) is 7.70. The van der Waals surface area contributed by atoms with Gasteiger partial charge < -0.3 is 19.7 Å². The van der Waals surface area contributed by atoms with Crippen molar-refractivity contribution in [3.05, 3.63) is 0 Å². The van der Waals surface area contributed by atoms with Gasteiger partial charge in [-0.25, -0.2) is 0 Å². The molecule has 0 radical (unpaired) electrons. The number of alkyl halides is 4. The van der Waals surface area contributed by atoms with Crippen LogP contribution in [0.2, 0.25) is 0 Å². The van der Waals surface area contributed by atoms with Crippen LogP contribution in [0.5, 0.6) is 0 Å². The number of esters is 1. The molecule has 26 heavy (non-hydrogen) atoms. The molecule has 2 saturated carbocycles. The van der Waals surface area contributed by atoms with Crippen LogP contribution < -0.4 is 0 Å². The van der Waals surface area contributed by atoms with Crippen LogP contribution in [-0.4, -0.2) is 65.4 Å². The zero-order chi connectivity index (χ0) is 19.7. The number of aliphatic hydroxyl groups excluding tert-OH is 2. The van der Waals surface area contributed by atoms with Gasteiger partial charge in [0.25, 0.3) is 0 Å². The number of hydrogen-bond acceptors (Lipinski definition) is 7. The van der Waals surface area contributed by atoms with Gasteiger partial charge in [-0.3, -0.25) is 9.35 Å². The van der Waals surface area contributed by atoms with Crippen LogP contribution in [0, 0.1) is 23.7 Å². The highest BCUT2D eigenvalue weighted by Gasteiger charge is 2.68. The van der Waals surface area contributed by atoms with Crippen LogP contribution in [-0.2, 0) is 24.4 Å². The average molecular weight is 408 g/mol. The molecule has 3 N–H and O–H groups in total. The number of carbonyl (C=O) groups excluding carboxylic acids is 1. The van der Waals surface area contributed by atoms with E-state index in [0.717, 1.165) is 0 Å². The Labute approximate surface area is 144 Å². The number of fused-ring (bicyclic) bond motifs is 1. The second-order valence-corrected chi connectivity index (χ2v) is 8.23. The molecule has 0 aromatic rings. The van der Waals surface area contributed by atoms with E-state index in [2.05, 4.69) is 4.74 Å². The van der Waals surface area contributed by atoms with E-state index < -0.39 is 76.5 Å². The Kier molecular flexibility index (Phi) is 4.55. The Morgan fingerprint density at radius 3 is 2.38 bits per heavy atom. The molecule has 1 heterocycles. The molecular formula is C13H16F4O8S. The fraction of sp³-hybridized carbons (Fsp3) is 0.923. The van der Waals surface area contributed by atoms with E-state index in [1.807, 2.05) is 0 Å². The minimum atomic E-state index is -6.36. The van der Waals surface area contributed by atoms with Gasteiger partial charge in [0.1, 0.15) is 0 Å². The summed E-state index contributed by atoms with van der Waals surface area (Å²) in [4.78, 5) is 12.1. The lowest BCUT2D eigenvalue weighted by Crippen LogP contribution is -2.47. The second-order valence-electron chi connectivity index (χ2n) is 6.76. The second kappa shape index (κ2) is 5.99. The Balaban J connectivity index is 1.62. The Bertz CT molecular complexity index is 698. The summed E-state index contributed by atoms with van der Waals surface area (Å²) in [5.41, 5.74) is 0. The van der Waals surface area contributed by atoms with Crippen molar-refractivity contribution < 1.29 is 55.0 Å². The van der Waals surface area contributed by atoms with Crippen LogP contribution >= 0.6 is 0 Å². The van der Waals surface area contributed by atoms with Crippen molar-refractivity contribution in [3.8, 4) is 0 Å².